The Morgan fingerprint density at radius 1 is 1.25 bits per heavy atom. The Hall–Kier alpha value is -0.510. The van der Waals surface area contributed by atoms with E-state index in [1.54, 1.807) is 0 Å². The van der Waals surface area contributed by atoms with Crippen LogP contribution in [0, 0.1) is 5.92 Å². The molecule has 1 heterocycles. The van der Waals surface area contributed by atoms with Crippen LogP contribution < -0.4 is 0 Å². The molecule has 3 rings (SSSR count). The first-order valence-corrected chi connectivity index (χ1v) is 8.78. The molecule has 2 aliphatic rings. The van der Waals surface area contributed by atoms with Gasteiger partial charge >= 0.3 is 0 Å². The maximum atomic E-state index is 6.14. The van der Waals surface area contributed by atoms with Crippen molar-refractivity contribution in [3.63, 3.8) is 0 Å². The molecule has 20 heavy (non-hydrogen) atoms. The molecule has 0 radical (unpaired) electrons. The molecule has 1 unspecified atom stereocenters. The lowest BCUT2D eigenvalue weighted by atomic mass is 9.80. The van der Waals surface area contributed by atoms with Crippen molar-refractivity contribution in [2.24, 2.45) is 5.92 Å². The van der Waals surface area contributed by atoms with E-state index in [4.69, 9.17) is 9.47 Å². The molecule has 0 bridgehead atoms. The molecule has 2 nitrogen and oxygen atoms in total. The van der Waals surface area contributed by atoms with E-state index >= 15 is 0 Å². The Balaban J connectivity index is 1.38. The van der Waals surface area contributed by atoms with E-state index in [2.05, 4.69) is 37.3 Å². The highest BCUT2D eigenvalue weighted by atomic mass is 32.2. The zero-order valence-electron chi connectivity index (χ0n) is 12.2. The summed E-state index contributed by atoms with van der Waals surface area (Å²) in [5, 5.41) is 0. The van der Waals surface area contributed by atoms with E-state index in [1.165, 1.54) is 23.5 Å². The van der Waals surface area contributed by atoms with Gasteiger partial charge in [0.1, 0.15) is 0 Å². The van der Waals surface area contributed by atoms with Gasteiger partial charge in [0, 0.05) is 23.5 Å². The van der Waals surface area contributed by atoms with Crippen molar-refractivity contribution in [2.75, 3.05) is 12.4 Å². The minimum atomic E-state index is -0.208. The van der Waals surface area contributed by atoms with Crippen molar-refractivity contribution < 1.29 is 9.47 Å². The Morgan fingerprint density at radius 3 is 2.80 bits per heavy atom. The number of rotatable bonds is 6. The summed E-state index contributed by atoms with van der Waals surface area (Å²) in [5.74, 6) is 1.71. The monoisotopic (exact) mass is 292 g/mol. The van der Waals surface area contributed by atoms with E-state index in [0.717, 1.165) is 31.8 Å². The number of thioether (sulfide) groups is 1. The van der Waals surface area contributed by atoms with Gasteiger partial charge in [0.05, 0.1) is 12.7 Å². The van der Waals surface area contributed by atoms with E-state index in [9.17, 15) is 0 Å². The van der Waals surface area contributed by atoms with Crippen molar-refractivity contribution in [3.8, 4) is 0 Å². The molecule has 0 aromatic heterocycles. The SMILES string of the molecule is CCCCC1COC2(CC(CSc3ccccc3)C2)O1. The molecular formula is C17H24O2S. The van der Waals surface area contributed by atoms with Gasteiger partial charge in [-0.3, -0.25) is 0 Å². The van der Waals surface area contributed by atoms with Crippen molar-refractivity contribution in [1.82, 2.24) is 0 Å². The van der Waals surface area contributed by atoms with E-state index < -0.39 is 0 Å². The van der Waals surface area contributed by atoms with Crippen LogP contribution in [-0.2, 0) is 9.47 Å². The first-order chi connectivity index (χ1) is 9.80. The lowest BCUT2D eigenvalue weighted by Gasteiger charge is -2.43. The number of unbranched alkanes of at least 4 members (excludes halogenated alkanes) is 1. The van der Waals surface area contributed by atoms with Gasteiger partial charge in [-0.05, 0) is 24.5 Å². The summed E-state index contributed by atoms with van der Waals surface area (Å²) in [4.78, 5) is 1.36. The zero-order chi connectivity index (χ0) is 13.8. The maximum absolute atomic E-state index is 6.14. The highest BCUT2D eigenvalue weighted by Crippen LogP contribution is 2.48. The summed E-state index contributed by atoms with van der Waals surface area (Å²) >= 11 is 1.95. The van der Waals surface area contributed by atoms with Gasteiger partial charge in [0.2, 0.25) is 0 Å². The standard InChI is InChI=1S/C17H24O2S/c1-2-3-7-15-12-18-17(19-15)10-14(11-17)13-20-16-8-5-4-6-9-16/h4-6,8-9,14-15H,2-3,7,10-13H2,1H3. The van der Waals surface area contributed by atoms with Gasteiger partial charge in [-0.1, -0.05) is 38.0 Å². The molecular weight excluding hydrogens is 268 g/mol. The van der Waals surface area contributed by atoms with E-state index in [-0.39, 0.29) is 5.79 Å². The summed E-state index contributed by atoms with van der Waals surface area (Å²) in [6.07, 6.45) is 6.14. The molecule has 1 saturated carbocycles. The number of benzene rings is 1. The first-order valence-electron chi connectivity index (χ1n) is 7.79. The average molecular weight is 292 g/mol. The van der Waals surface area contributed by atoms with Crippen LogP contribution in [-0.4, -0.2) is 24.3 Å². The zero-order valence-corrected chi connectivity index (χ0v) is 13.0. The molecule has 1 atom stereocenters. The summed E-state index contributed by atoms with van der Waals surface area (Å²) < 4.78 is 12.1. The van der Waals surface area contributed by atoms with Crippen LogP contribution in [0.15, 0.2) is 35.2 Å². The summed E-state index contributed by atoms with van der Waals surface area (Å²) in [7, 11) is 0. The molecule has 0 amide bonds. The molecule has 3 heteroatoms. The molecule has 110 valence electrons. The van der Waals surface area contributed by atoms with Crippen LogP contribution in [0.2, 0.25) is 0 Å². The fraction of sp³-hybridized carbons (Fsp3) is 0.647. The highest BCUT2D eigenvalue weighted by Gasteiger charge is 2.51. The molecule has 1 aromatic rings. The Bertz CT molecular complexity index is 414. The van der Waals surface area contributed by atoms with Gasteiger partial charge < -0.3 is 9.47 Å². The second kappa shape index (κ2) is 6.50. The number of ether oxygens (including phenoxy) is 2. The van der Waals surface area contributed by atoms with E-state index in [1.807, 2.05) is 11.8 Å². The van der Waals surface area contributed by atoms with Crippen LogP contribution in [0.4, 0.5) is 0 Å². The predicted octanol–water partition coefficient (Wildman–Crippen LogP) is 4.49. The predicted molar refractivity (Wildman–Crippen MR) is 83.0 cm³/mol. The molecule has 1 saturated heterocycles. The summed E-state index contributed by atoms with van der Waals surface area (Å²) in [6, 6.07) is 10.6. The van der Waals surface area contributed by atoms with Gasteiger partial charge in [-0.25, -0.2) is 0 Å². The quantitative estimate of drug-likeness (QED) is 0.720. The van der Waals surface area contributed by atoms with Gasteiger partial charge in [-0.2, -0.15) is 0 Å². The van der Waals surface area contributed by atoms with Crippen LogP contribution >= 0.6 is 11.8 Å². The number of hydrogen-bond acceptors (Lipinski definition) is 3. The van der Waals surface area contributed by atoms with Crippen LogP contribution in [0.5, 0.6) is 0 Å². The van der Waals surface area contributed by atoms with Gasteiger partial charge in [0.25, 0.3) is 0 Å². The fourth-order valence-electron chi connectivity index (χ4n) is 3.07. The van der Waals surface area contributed by atoms with Crippen molar-refractivity contribution in [1.29, 1.82) is 0 Å². The van der Waals surface area contributed by atoms with Gasteiger partial charge in [-0.15, -0.1) is 11.8 Å². The first kappa shape index (κ1) is 14.4. The average Bonchev–Trinajstić information content (AvgIpc) is 2.87. The van der Waals surface area contributed by atoms with E-state index in [0.29, 0.717) is 6.10 Å². The minimum Gasteiger partial charge on any atom is -0.347 e. The Kier molecular flexibility index (Phi) is 4.69. The number of hydrogen-bond donors (Lipinski definition) is 0. The molecule has 1 spiro atoms. The van der Waals surface area contributed by atoms with Crippen LogP contribution in [0.3, 0.4) is 0 Å². The fourth-order valence-corrected chi connectivity index (χ4v) is 4.09. The molecule has 1 aliphatic carbocycles. The molecule has 0 N–H and O–H groups in total. The third-order valence-electron chi connectivity index (χ3n) is 4.22. The lowest BCUT2D eigenvalue weighted by Crippen LogP contribution is -2.46. The lowest BCUT2D eigenvalue weighted by molar-refractivity contribution is -0.235. The highest BCUT2D eigenvalue weighted by molar-refractivity contribution is 7.99. The molecule has 1 aliphatic heterocycles. The van der Waals surface area contributed by atoms with Crippen molar-refractivity contribution in [3.05, 3.63) is 30.3 Å². The van der Waals surface area contributed by atoms with Crippen molar-refractivity contribution >= 4 is 11.8 Å². The minimum absolute atomic E-state index is 0.208. The van der Waals surface area contributed by atoms with Crippen LogP contribution in [0.25, 0.3) is 0 Å². The Morgan fingerprint density at radius 2 is 2.05 bits per heavy atom. The topological polar surface area (TPSA) is 18.5 Å². The maximum Gasteiger partial charge on any atom is 0.169 e. The van der Waals surface area contributed by atoms with Crippen LogP contribution in [0.1, 0.15) is 39.0 Å². The Labute approximate surface area is 126 Å². The third-order valence-corrected chi connectivity index (χ3v) is 5.47. The second-order valence-electron chi connectivity index (χ2n) is 6.00. The third kappa shape index (κ3) is 3.38. The van der Waals surface area contributed by atoms with Gasteiger partial charge in [0.15, 0.2) is 5.79 Å². The summed E-state index contributed by atoms with van der Waals surface area (Å²) in [6.45, 7) is 3.03. The normalized spacial score (nSPS) is 32.5. The summed E-state index contributed by atoms with van der Waals surface area (Å²) in [5.41, 5.74) is 0. The smallest absolute Gasteiger partial charge is 0.169 e. The molecule has 2 fully saturated rings. The molecule has 1 aromatic carbocycles. The van der Waals surface area contributed by atoms with Crippen molar-refractivity contribution in [2.45, 2.75) is 55.8 Å². The largest absolute Gasteiger partial charge is 0.347 e. The second-order valence-corrected chi connectivity index (χ2v) is 7.10.